The van der Waals surface area contributed by atoms with Crippen LogP contribution in [0.4, 0.5) is 0 Å². The lowest BCUT2D eigenvalue weighted by Crippen LogP contribution is -2.40. The molecule has 0 spiro atoms. The summed E-state index contributed by atoms with van der Waals surface area (Å²) in [5, 5.41) is 2.75. The Bertz CT molecular complexity index is 437. The second kappa shape index (κ2) is 6.96. The first-order valence-corrected chi connectivity index (χ1v) is 6.08. The highest BCUT2D eigenvalue weighted by Gasteiger charge is 2.18. The zero-order valence-corrected chi connectivity index (χ0v) is 11.2. The summed E-state index contributed by atoms with van der Waals surface area (Å²) in [6.07, 6.45) is 0.767. The van der Waals surface area contributed by atoms with Crippen LogP contribution in [0.3, 0.4) is 0 Å². The van der Waals surface area contributed by atoms with Crippen molar-refractivity contribution < 1.29 is 9.59 Å². The van der Waals surface area contributed by atoms with Gasteiger partial charge in [0.25, 0.3) is 5.91 Å². The van der Waals surface area contributed by atoms with Crippen LogP contribution in [0, 0.1) is 0 Å². The molecule has 0 fully saturated rings. The van der Waals surface area contributed by atoms with Crippen molar-refractivity contribution in [3.63, 3.8) is 0 Å². The first-order valence-electron chi connectivity index (χ1n) is 5.71. The van der Waals surface area contributed by atoms with Crippen LogP contribution in [-0.4, -0.2) is 41.8 Å². The van der Waals surface area contributed by atoms with Gasteiger partial charge in [-0.15, -0.1) is 0 Å². The van der Waals surface area contributed by atoms with Crippen LogP contribution in [0.1, 0.15) is 23.8 Å². The molecule has 1 heterocycles. The van der Waals surface area contributed by atoms with Crippen molar-refractivity contribution in [2.45, 2.75) is 13.3 Å². The monoisotopic (exact) mass is 269 g/mol. The van der Waals surface area contributed by atoms with E-state index in [9.17, 15) is 9.59 Å². The van der Waals surface area contributed by atoms with Gasteiger partial charge in [-0.2, -0.15) is 0 Å². The molecule has 18 heavy (non-hydrogen) atoms. The van der Waals surface area contributed by atoms with Gasteiger partial charge in [-0.25, -0.2) is 4.98 Å². The molecule has 5 nitrogen and oxygen atoms in total. The van der Waals surface area contributed by atoms with E-state index in [0.717, 1.165) is 6.42 Å². The van der Waals surface area contributed by atoms with Gasteiger partial charge in [0.15, 0.2) is 0 Å². The summed E-state index contributed by atoms with van der Waals surface area (Å²) in [6.45, 7) is 2.47. The fraction of sp³-hybridized carbons (Fsp3) is 0.417. The van der Waals surface area contributed by atoms with Gasteiger partial charge in [0.1, 0.15) is 10.8 Å². The summed E-state index contributed by atoms with van der Waals surface area (Å²) in [6, 6.07) is 4.84. The molecular weight excluding hydrogens is 254 g/mol. The standard InChI is InChI=1S/C12H16ClN3O2/c1-3-7-16(8-11(17)14-2)12(18)9-5-4-6-10(13)15-9/h4-6H,3,7-8H2,1-2H3,(H,14,17). The Morgan fingerprint density at radius 2 is 2.17 bits per heavy atom. The van der Waals surface area contributed by atoms with E-state index in [2.05, 4.69) is 10.3 Å². The molecule has 0 aliphatic rings. The second-order valence-electron chi connectivity index (χ2n) is 3.75. The fourth-order valence-electron chi connectivity index (χ4n) is 1.46. The van der Waals surface area contributed by atoms with Crippen molar-refractivity contribution in [2.75, 3.05) is 20.1 Å². The molecular formula is C12H16ClN3O2. The molecule has 2 amide bonds. The Labute approximate surface area is 111 Å². The summed E-state index contributed by atoms with van der Waals surface area (Å²) in [4.78, 5) is 28.9. The lowest BCUT2D eigenvalue weighted by atomic mass is 10.3. The molecule has 98 valence electrons. The summed E-state index contributed by atoms with van der Waals surface area (Å²) in [5.41, 5.74) is 0.250. The minimum atomic E-state index is -0.289. The maximum atomic E-state index is 12.2. The molecule has 1 rings (SSSR count). The largest absolute Gasteiger partial charge is 0.358 e. The summed E-state index contributed by atoms with van der Waals surface area (Å²) in [7, 11) is 1.54. The molecule has 6 heteroatoms. The highest BCUT2D eigenvalue weighted by Crippen LogP contribution is 2.08. The van der Waals surface area contributed by atoms with E-state index in [0.29, 0.717) is 6.54 Å². The Hall–Kier alpha value is -1.62. The fourth-order valence-corrected chi connectivity index (χ4v) is 1.63. The Morgan fingerprint density at radius 3 is 2.72 bits per heavy atom. The number of carbonyl (C=O) groups excluding carboxylic acids is 2. The van der Waals surface area contributed by atoms with Gasteiger partial charge in [0.2, 0.25) is 5.91 Å². The quantitative estimate of drug-likeness (QED) is 0.821. The van der Waals surface area contributed by atoms with E-state index in [1.165, 1.54) is 11.9 Å². The van der Waals surface area contributed by atoms with Crippen molar-refractivity contribution in [3.05, 3.63) is 29.0 Å². The number of carbonyl (C=O) groups is 2. The first-order chi connectivity index (χ1) is 8.58. The number of nitrogens with one attached hydrogen (secondary N) is 1. The minimum Gasteiger partial charge on any atom is -0.358 e. The Morgan fingerprint density at radius 1 is 1.44 bits per heavy atom. The molecule has 0 saturated carbocycles. The number of hydrogen-bond acceptors (Lipinski definition) is 3. The minimum absolute atomic E-state index is 0.0252. The smallest absolute Gasteiger partial charge is 0.272 e. The number of nitrogens with zero attached hydrogens (tertiary/aromatic N) is 2. The third-order valence-electron chi connectivity index (χ3n) is 2.33. The molecule has 0 atom stereocenters. The number of likely N-dealkylation sites (N-methyl/N-ethyl adjacent to an activating group) is 1. The topological polar surface area (TPSA) is 62.3 Å². The summed E-state index contributed by atoms with van der Waals surface area (Å²) in [5.74, 6) is -0.498. The van der Waals surface area contributed by atoms with Crippen molar-refractivity contribution in [3.8, 4) is 0 Å². The molecule has 1 N–H and O–H groups in total. The first kappa shape index (κ1) is 14.4. The number of halogens is 1. The van der Waals surface area contributed by atoms with Gasteiger partial charge >= 0.3 is 0 Å². The normalized spacial score (nSPS) is 9.94. The summed E-state index contributed by atoms with van der Waals surface area (Å²) >= 11 is 5.74. The SMILES string of the molecule is CCCN(CC(=O)NC)C(=O)c1cccc(Cl)n1. The molecule has 0 radical (unpaired) electrons. The van der Waals surface area contributed by atoms with Crippen LogP contribution >= 0.6 is 11.6 Å². The van der Waals surface area contributed by atoms with Gasteiger partial charge < -0.3 is 10.2 Å². The van der Waals surface area contributed by atoms with Crippen LogP contribution in [0.5, 0.6) is 0 Å². The van der Waals surface area contributed by atoms with Crippen LogP contribution in [0.15, 0.2) is 18.2 Å². The van der Waals surface area contributed by atoms with Crippen LogP contribution in [0.25, 0.3) is 0 Å². The lowest BCUT2D eigenvalue weighted by molar-refractivity contribution is -0.121. The van der Waals surface area contributed by atoms with Gasteiger partial charge in [0, 0.05) is 13.6 Å². The summed E-state index contributed by atoms with van der Waals surface area (Å²) < 4.78 is 0. The van der Waals surface area contributed by atoms with E-state index in [1.807, 2.05) is 6.92 Å². The second-order valence-corrected chi connectivity index (χ2v) is 4.13. The third kappa shape index (κ3) is 4.00. The van der Waals surface area contributed by atoms with E-state index < -0.39 is 0 Å². The van der Waals surface area contributed by atoms with Crippen LogP contribution < -0.4 is 5.32 Å². The molecule has 0 saturated heterocycles. The third-order valence-corrected chi connectivity index (χ3v) is 2.54. The number of amides is 2. The maximum absolute atomic E-state index is 12.2. The van der Waals surface area contributed by atoms with Gasteiger partial charge in [-0.1, -0.05) is 24.6 Å². The van der Waals surface area contributed by atoms with Gasteiger partial charge in [0.05, 0.1) is 6.54 Å². The number of aromatic nitrogens is 1. The molecule has 0 unspecified atom stereocenters. The average Bonchev–Trinajstić information content (AvgIpc) is 2.37. The van der Waals surface area contributed by atoms with E-state index in [1.54, 1.807) is 18.2 Å². The zero-order chi connectivity index (χ0) is 13.5. The Balaban J connectivity index is 2.85. The highest BCUT2D eigenvalue weighted by molar-refractivity contribution is 6.29. The van der Waals surface area contributed by atoms with Gasteiger partial charge in [-0.05, 0) is 18.6 Å². The van der Waals surface area contributed by atoms with Crippen molar-refractivity contribution in [2.24, 2.45) is 0 Å². The lowest BCUT2D eigenvalue weighted by Gasteiger charge is -2.20. The average molecular weight is 270 g/mol. The zero-order valence-electron chi connectivity index (χ0n) is 10.4. The Kier molecular flexibility index (Phi) is 5.58. The van der Waals surface area contributed by atoms with Crippen LogP contribution in [-0.2, 0) is 4.79 Å². The highest BCUT2D eigenvalue weighted by atomic mass is 35.5. The predicted octanol–water partition coefficient (Wildman–Crippen LogP) is 1.33. The molecule has 0 aliphatic heterocycles. The molecule has 0 bridgehead atoms. The number of hydrogen-bond donors (Lipinski definition) is 1. The number of rotatable bonds is 5. The predicted molar refractivity (Wildman–Crippen MR) is 69.5 cm³/mol. The maximum Gasteiger partial charge on any atom is 0.272 e. The van der Waals surface area contributed by atoms with E-state index in [4.69, 9.17) is 11.6 Å². The molecule has 1 aromatic heterocycles. The molecule has 0 aromatic carbocycles. The van der Waals surface area contributed by atoms with Gasteiger partial charge in [-0.3, -0.25) is 9.59 Å². The van der Waals surface area contributed by atoms with Crippen LogP contribution in [0.2, 0.25) is 5.15 Å². The van der Waals surface area contributed by atoms with E-state index >= 15 is 0 Å². The number of pyridine rings is 1. The van der Waals surface area contributed by atoms with E-state index in [-0.39, 0.29) is 29.2 Å². The molecule has 0 aliphatic carbocycles. The van der Waals surface area contributed by atoms with Crippen molar-refractivity contribution in [1.29, 1.82) is 0 Å². The van der Waals surface area contributed by atoms with Crippen molar-refractivity contribution in [1.82, 2.24) is 15.2 Å². The van der Waals surface area contributed by atoms with Crippen molar-refractivity contribution >= 4 is 23.4 Å². The molecule has 1 aromatic rings.